The first-order valence-corrected chi connectivity index (χ1v) is 8.16. The number of amides is 2. The molecule has 2 amide bonds. The Morgan fingerprint density at radius 3 is 2.50 bits per heavy atom. The van der Waals surface area contributed by atoms with Crippen molar-refractivity contribution in [2.45, 2.75) is 33.6 Å². The molecule has 0 bridgehead atoms. The molecule has 1 aliphatic carbocycles. The number of oxime groups is 1. The van der Waals surface area contributed by atoms with Gasteiger partial charge >= 0.3 is 5.91 Å². The molecular weight excluding hydrogens is 336 g/mol. The highest BCUT2D eigenvalue weighted by Gasteiger charge is 2.36. The zero-order valence-corrected chi connectivity index (χ0v) is 14.8. The van der Waals surface area contributed by atoms with Gasteiger partial charge < -0.3 is 9.62 Å². The first-order valence-electron chi connectivity index (χ1n) is 8.16. The van der Waals surface area contributed by atoms with Crippen LogP contribution < -0.4 is 10.9 Å². The molecule has 26 heavy (non-hydrogen) atoms. The average molecular weight is 356 g/mol. The monoisotopic (exact) mass is 356 g/mol. The van der Waals surface area contributed by atoms with E-state index in [1.807, 2.05) is 13.8 Å². The number of carbonyl (C=O) groups excluding carboxylic acids is 2. The van der Waals surface area contributed by atoms with Crippen molar-refractivity contribution in [1.29, 1.82) is 0 Å². The van der Waals surface area contributed by atoms with Gasteiger partial charge in [-0.1, -0.05) is 19.0 Å². The third kappa shape index (κ3) is 3.30. The predicted molar refractivity (Wildman–Crippen MR) is 93.0 cm³/mol. The first-order chi connectivity index (χ1) is 12.3. The van der Waals surface area contributed by atoms with E-state index in [-0.39, 0.29) is 11.2 Å². The molecular formula is C18H20N4O4. The van der Waals surface area contributed by atoms with E-state index in [0.29, 0.717) is 41.0 Å². The van der Waals surface area contributed by atoms with Crippen LogP contribution in [0.4, 0.5) is 0 Å². The maximum atomic E-state index is 12.4. The number of pyridine rings is 1. The van der Waals surface area contributed by atoms with Gasteiger partial charge in [0.05, 0.1) is 5.71 Å². The summed E-state index contributed by atoms with van der Waals surface area (Å²) in [7, 11) is 0. The number of hydrogen-bond acceptors (Lipinski definition) is 6. The average Bonchev–Trinajstić information content (AvgIpc) is 2.94. The zero-order chi connectivity index (χ0) is 18.9. The summed E-state index contributed by atoms with van der Waals surface area (Å²) >= 11 is 0. The van der Waals surface area contributed by atoms with E-state index < -0.39 is 11.8 Å². The van der Waals surface area contributed by atoms with E-state index in [0.717, 1.165) is 0 Å². The van der Waals surface area contributed by atoms with Gasteiger partial charge in [-0.05, 0) is 30.9 Å². The summed E-state index contributed by atoms with van der Waals surface area (Å²) in [4.78, 5) is 28.3. The number of aromatic nitrogens is 1. The number of rotatable bonds is 2. The Morgan fingerprint density at radius 1 is 1.19 bits per heavy atom. The standard InChI is InChI=1S/C18H20N4O4/c1-10-14-12(22-25)8-18(2,3)9-13(14)26-15(10)17(24)21-20-16(23)11-4-6-19-7-5-11/h4-7,25H,8-9H2,1-3H3,(H,20,23)(H,21,24)/b22-12-. The molecule has 8 heteroatoms. The molecule has 2 heterocycles. The van der Waals surface area contributed by atoms with E-state index in [4.69, 9.17) is 4.42 Å². The van der Waals surface area contributed by atoms with Gasteiger partial charge in [-0.2, -0.15) is 0 Å². The van der Waals surface area contributed by atoms with Crippen LogP contribution >= 0.6 is 0 Å². The summed E-state index contributed by atoms with van der Waals surface area (Å²) in [5.74, 6) is -0.344. The fourth-order valence-electron chi connectivity index (χ4n) is 3.16. The van der Waals surface area contributed by atoms with Gasteiger partial charge in [0.2, 0.25) is 0 Å². The smallest absolute Gasteiger partial charge is 0.305 e. The number of hydrogen-bond donors (Lipinski definition) is 3. The Balaban J connectivity index is 1.79. The van der Waals surface area contributed by atoms with E-state index in [9.17, 15) is 14.8 Å². The summed E-state index contributed by atoms with van der Waals surface area (Å²) < 4.78 is 5.74. The SMILES string of the molecule is Cc1c(C(=O)NNC(=O)c2ccncc2)oc2c1/C(=N\O)CC(C)(C)C2. The van der Waals surface area contributed by atoms with Gasteiger partial charge in [0, 0.05) is 35.5 Å². The molecule has 0 aromatic carbocycles. The molecule has 8 nitrogen and oxygen atoms in total. The Kier molecular flexibility index (Phi) is 4.50. The highest BCUT2D eigenvalue weighted by molar-refractivity contribution is 6.07. The Hall–Kier alpha value is -3.16. The molecule has 0 radical (unpaired) electrons. The van der Waals surface area contributed by atoms with Gasteiger partial charge in [0.25, 0.3) is 5.91 Å². The van der Waals surface area contributed by atoms with Crippen LogP contribution in [-0.2, 0) is 6.42 Å². The molecule has 0 saturated carbocycles. The number of furan rings is 1. The normalized spacial score (nSPS) is 16.8. The van der Waals surface area contributed by atoms with E-state index in [1.165, 1.54) is 24.5 Å². The van der Waals surface area contributed by atoms with Crippen LogP contribution in [0.15, 0.2) is 34.1 Å². The van der Waals surface area contributed by atoms with Crippen LogP contribution in [0.1, 0.15) is 58.1 Å². The molecule has 0 aliphatic heterocycles. The van der Waals surface area contributed by atoms with Gasteiger partial charge in [0.1, 0.15) is 5.76 Å². The highest BCUT2D eigenvalue weighted by atomic mass is 16.4. The minimum Gasteiger partial charge on any atom is -0.455 e. The van der Waals surface area contributed by atoms with Crippen molar-refractivity contribution in [2.24, 2.45) is 10.6 Å². The van der Waals surface area contributed by atoms with E-state index in [1.54, 1.807) is 6.92 Å². The van der Waals surface area contributed by atoms with Crippen molar-refractivity contribution in [3.63, 3.8) is 0 Å². The summed E-state index contributed by atoms with van der Waals surface area (Å²) in [6.07, 6.45) is 4.17. The van der Waals surface area contributed by atoms with E-state index >= 15 is 0 Å². The predicted octanol–water partition coefficient (Wildman–Crippen LogP) is 2.21. The lowest BCUT2D eigenvalue weighted by Crippen LogP contribution is -2.41. The molecule has 0 spiro atoms. The van der Waals surface area contributed by atoms with Crippen molar-refractivity contribution >= 4 is 17.5 Å². The number of nitrogens with one attached hydrogen (secondary N) is 2. The third-order valence-corrected chi connectivity index (χ3v) is 4.35. The maximum absolute atomic E-state index is 12.4. The quantitative estimate of drug-likeness (QED) is 0.563. The lowest BCUT2D eigenvalue weighted by atomic mass is 9.75. The Bertz CT molecular complexity index is 884. The fourth-order valence-corrected chi connectivity index (χ4v) is 3.16. The van der Waals surface area contributed by atoms with Crippen molar-refractivity contribution in [1.82, 2.24) is 15.8 Å². The molecule has 0 atom stereocenters. The Morgan fingerprint density at radius 2 is 1.85 bits per heavy atom. The second-order valence-electron chi connectivity index (χ2n) is 7.06. The minimum atomic E-state index is -0.575. The molecule has 0 saturated heterocycles. The van der Waals surface area contributed by atoms with Crippen LogP contribution in [0.2, 0.25) is 0 Å². The number of fused-ring (bicyclic) bond motifs is 1. The van der Waals surface area contributed by atoms with Crippen molar-refractivity contribution in [2.75, 3.05) is 0 Å². The number of nitrogens with zero attached hydrogens (tertiary/aromatic N) is 2. The second kappa shape index (κ2) is 6.62. The van der Waals surface area contributed by atoms with Crippen LogP contribution in [-0.4, -0.2) is 27.7 Å². The largest absolute Gasteiger partial charge is 0.455 e. The summed E-state index contributed by atoms with van der Waals surface area (Å²) in [5.41, 5.74) is 6.66. The summed E-state index contributed by atoms with van der Waals surface area (Å²) in [5, 5.41) is 12.7. The first kappa shape index (κ1) is 17.7. The van der Waals surface area contributed by atoms with E-state index in [2.05, 4.69) is 21.0 Å². The molecule has 3 N–H and O–H groups in total. The van der Waals surface area contributed by atoms with Crippen LogP contribution in [0, 0.1) is 12.3 Å². The van der Waals surface area contributed by atoms with Crippen LogP contribution in [0.5, 0.6) is 0 Å². The fraction of sp³-hybridized carbons (Fsp3) is 0.333. The molecule has 136 valence electrons. The maximum Gasteiger partial charge on any atom is 0.305 e. The van der Waals surface area contributed by atoms with Crippen LogP contribution in [0.3, 0.4) is 0 Å². The lowest BCUT2D eigenvalue weighted by molar-refractivity contribution is 0.0828. The topological polar surface area (TPSA) is 117 Å². The second-order valence-corrected chi connectivity index (χ2v) is 7.06. The summed E-state index contributed by atoms with van der Waals surface area (Å²) in [6.45, 7) is 5.80. The summed E-state index contributed by atoms with van der Waals surface area (Å²) in [6, 6.07) is 3.06. The number of carbonyl (C=O) groups is 2. The van der Waals surface area contributed by atoms with Gasteiger partial charge in [0.15, 0.2) is 5.76 Å². The zero-order valence-electron chi connectivity index (χ0n) is 14.8. The lowest BCUT2D eigenvalue weighted by Gasteiger charge is -2.28. The van der Waals surface area contributed by atoms with Crippen LogP contribution in [0.25, 0.3) is 0 Å². The molecule has 0 unspecified atom stereocenters. The third-order valence-electron chi connectivity index (χ3n) is 4.35. The van der Waals surface area contributed by atoms with Gasteiger partial charge in [-0.25, -0.2) is 0 Å². The Labute approximate surface area is 150 Å². The molecule has 1 aliphatic rings. The van der Waals surface area contributed by atoms with Gasteiger partial charge in [-0.3, -0.25) is 25.4 Å². The minimum absolute atomic E-state index is 0.0869. The van der Waals surface area contributed by atoms with Crippen molar-refractivity contribution < 1.29 is 19.2 Å². The molecule has 0 fully saturated rings. The molecule has 2 aromatic rings. The highest BCUT2D eigenvalue weighted by Crippen LogP contribution is 2.38. The number of hydrazine groups is 1. The molecule has 3 rings (SSSR count). The van der Waals surface area contributed by atoms with Crippen molar-refractivity contribution in [3.8, 4) is 0 Å². The van der Waals surface area contributed by atoms with Gasteiger partial charge in [-0.15, -0.1) is 0 Å². The van der Waals surface area contributed by atoms with Crippen molar-refractivity contribution in [3.05, 3.63) is 52.7 Å². The molecule has 2 aromatic heterocycles.